The molecule has 2 aromatic rings. The summed E-state index contributed by atoms with van der Waals surface area (Å²) in [6.07, 6.45) is 3.69. The van der Waals surface area contributed by atoms with Crippen LogP contribution in [0.2, 0.25) is 0 Å². The maximum absolute atomic E-state index is 10.9. The molecule has 0 saturated heterocycles. The fourth-order valence-corrected chi connectivity index (χ4v) is 1.50. The van der Waals surface area contributed by atoms with Gasteiger partial charge in [0, 0.05) is 25.0 Å². The van der Waals surface area contributed by atoms with Crippen molar-refractivity contribution in [1.29, 1.82) is 0 Å². The lowest BCUT2D eigenvalue weighted by Crippen LogP contribution is -1.98. The first kappa shape index (κ1) is 9.51. The van der Waals surface area contributed by atoms with E-state index in [0.717, 1.165) is 5.56 Å². The Hall–Kier alpha value is -2.04. The smallest absolute Gasteiger partial charge is 0.354 e. The fourth-order valence-electron chi connectivity index (χ4n) is 1.50. The van der Waals surface area contributed by atoms with E-state index in [0.29, 0.717) is 11.5 Å². The molecule has 2 rings (SSSR count). The highest BCUT2D eigenvalue weighted by molar-refractivity contribution is 5.92. The summed E-state index contributed by atoms with van der Waals surface area (Å²) in [5.41, 5.74) is 1.43. The van der Waals surface area contributed by atoms with Crippen LogP contribution in [0.25, 0.3) is 11.3 Å². The Bertz CT molecular complexity index is 510. The molecule has 0 bridgehead atoms. The molecule has 0 amide bonds. The monoisotopic (exact) mass is 205 g/mol. The molecule has 2 aromatic heterocycles. The van der Waals surface area contributed by atoms with Crippen LogP contribution in [0, 0.1) is 6.92 Å². The second-order valence-electron chi connectivity index (χ2n) is 3.42. The minimum absolute atomic E-state index is 0.138. The number of hydrogen-bond acceptors (Lipinski definition) is 2. The Kier molecular flexibility index (Phi) is 2.07. The average molecular weight is 205 g/mol. The number of aryl methyl sites for hydroxylation is 2. The number of aromatic nitrogens is 3. The van der Waals surface area contributed by atoms with Crippen molar-refractivity contribution in [2.24, 2.45) is 7.05 Å². The molecule has 0 unspecified atom stereocenters. The molecule has 0 spiro atoms. The second-order valence-corrected chi connectivity index (χ2v) is 3.42. The highest BCUT2D eigenvalue weighted by Gasteiger charge is 2.16. The third kappa shape index (κ3) is 1.63. The van der Waals surface area contributed by atoms with E-state index >= 15 is 0 Å². The van der Waals surface area contributed by atoms with Crippen LogP contribution in [0.5, 0.6) is 0 Å². The highest BCUT2D eigenvalue weighted by atomic mass is 16.4. The molecule has 0 aliphatic heterocycles. The van der Waals surface area contributed by atoms with Crippen LogP contribution in [0.1, 0.15) is 16.3 Å². The molecule has 2 N–H and O–H groups in total. The molecular weight excluding hydrogens is 194 g/mol. The van der Waals surface area contributed by atoms with Gasteiger partial charge in [0.1, 0.15) is 11.5 Å². The predicted octanol–water partition coefficient (Wildman–Crippen LogP) is 1.42. The molecule has 0 atom stereocenters. The Morgan fingerprint density at radius 3 is 2.87 bits per heavy atom. The van der Waals surface area contributed by atoms with Gasteiger partial charge in [-0.05, 0) is 13.0 Å². The summed E-state index contributed by atoms with van der Waals surface area (Å²) in [6, 6.07) is 1.84. The molecule has 0 fully saturated rings. The van der Waals surface area contributed by atoms with Crippen molar-refractivity contribution < 1.29 is 9.90 Å². The Labute approximate surface area is 86.4 Å². The number of rotatable bonds is 2. The van der Waals surface area contributed by atoms with Crippen LogP contribution in [0.3, 0.4) is 0 Å². The zero-order valence-electron chi connectivity index (χ0n) is 8.48. The van der Waals surface area contributed by atoms with Gasteiger partial charge in [-0.15, -0.1) is 0 Å². The molecule has 0 aliphatic carbocycles. The van der Waals surface area contributed by atoms with Crippen molar-refractivity contribution in [2.45, 2.75) is 6.92 Å². The van der Waals surface area contributed by atoms with Gasteiger partial charge in [-0.1, -0.05) is 0 Å². The Morgan fingerprint density at radius 1 is 1.60 bits per heavy atom. The number of nitrogens with one attached hydrogen (secondary N) is 1. The molecule has 78 valence electrons. The number of carboxylic acids is 1. The Balaban J connectivity index is 2.56. The van der Waals surface area contributed by atoms with E-state index in [-0.39, 0.29) is 5.69 Å². The maximum atomic E-state index is 10.9. The third-order valence-corrected chi connectivity index (χ3v) is 2.14. The van der Waals surface area contributed by atoms with E-state index < -0.39 is 5.97 Å². The summed E-state index contributed by atoms with van der Waals surface area (Å²) in [6.45, 7) is 1.74. The van der Waals surface area contributed by atoms with Crippen LogP contribution >= 0.6 is 0 Å². The van der Waals surface area contributed by atoms with E-state index in [1.807, 2.05) is 30.1 Å². The number of H-pyrrole nitrogens is 1. The maximum Gasteiger partial charge on any atom is 0.354 e. The van der Waals surface area contributed by atoms with E-state index in [1.165, 1.54) is 0 Å². The summed E-state index contributed by atoms with van der Waals surface area (Å²) in [4.78, 5) is 17.8. The van der Waals surface area contributed by atoms with Gasteiger partial charge in [-0.25, -0.2) is 9.78 Å². The summed E-state index contributed by atoms with van der Waals surface area (Å²) in [7, 11) is 1.88. The summed E-state index contributed by atoms with van der Waals surface area (Å²) >= 11 is 0. The van der Waals surface area contributed by atoms with Crippen LogP contribution < -0.4 is 0 Å². The van der Waals surface area contributed by atoms with Crippen molar-refractivity contribution >= 4 is 5.97 Å². The zero-order valence-corrected chi connectivity index (χ0v) is 8.48. The first-order valence-electron chi connectivity index (χ1n) is 4.50. The molecule has 15 heavy (non-hydrogen) atoms. The molecule has 2 heterocycles. The number of aromatic carboxylic acids is 1. The van der Waals surface area contributed by atoms with Gasteiger partial charge in [0.25, 0.3) is 0 Å². The van der Waals surface area contributed by atoms with Gasteiger partial charge in [0.2, 0.25) is 0 Å². The van der Waals surface area contributed by atoms with Crippen LogP contribution in [-0.2, 0) is 7.05 Å². The Morgan fingerprint density at radius 2 is 2.33 bits per heavy atom. The number of imidazole rings is 1. The summed E-state index contributed by atoms with van der Waals surface area (Å²) < 4.78 is 1.85. The quantitative estimate of drug-likeness (QED) is 0.778. The van der Waals surface area contributed by atoms with Gasteiger partial charge in [-0.3, -0.25) is 0 Å². The molecule has 5 nitrogen and oxygen atoms in total. The minimum atomic E-state index is -0.991. The van der Waals surface area contributed by atoms with Crippen molar-refractivity contribution in [3.8, 4) is 11.3 Å². The molecular formula is C10H11N3O2. The summed E-state index contributed by atoms with van der Waals surface area (Å²) in [5, 5.41) is 8.97. The first-order chi connectivity index (χ1) is 7.08. The average Bonchev–Trinajstić information content (AvgIpc) is 2.71. The van der Waals surface area contributed by atoms with Crippen LogP contribution in [-0.4, -0.2) is 25.6 Å². The van der Waals surface area contributed by atoms with Crippen molar-refractivity contribution in [3.63, 3.8) is 0 Å². The normalized spacial score (nSPS) is 10.5. The number of carboxylic acid groups (broad SMARTS) is 1. The van der Waals surface area contributed by atoms with Crippen LogP contribution in [0.4, 0.5) is 0 Å². The number of carbonyl (C=O) groups is 1. The third-order valence-electron chi connectivity index (χ3n) is 2.14. The number of nitrogens with zero attached hydrogens (tertiary/aromatic N) is 2. The van der Waals surface area contributed by atoms with Gasteiger partial charge >= 0.3 is 5.97 Å². The van der Waals surface area contributed by atoms with E-state index in [1.54, 1.807) is 6.92 Å². The molecule has 5 heteroatoms. The lowest BCUT2D eigenvalue weighted by molar-refractivity contribution is 0.0692. The largest absolute Gasteiger partial charge is 0.477 e. The lowest BCUT2D eigenvalue weighted by atomic mass is 10.2. The predicted molar refractivity (Wildman–Crippen MR) is 54.7 cm³/mol. The fraction of sp³-hybridized carbons (Fsp3) is 0.200. The van der Waals surface area contributed by atoms with Crippen molar-refractivity contribution in [2.75, 3.05) is 0 Å². The van der Waals surface area contributed by atoms with Gasteiger partial charge in [0.15, 0.2) is 5.69 Å². The van der Waals surface area contributed by atoms with Crippen molar-refractivity contribution in [3.05, 3.63) is 30.0 Å². The molecule has 0 aromatic carbocycles. The topological polar surface area (TPSA) is 70.9 Å². The lowest BCUT2D eigenvalue weighted by Gasteiger charge is -1.93. The summed E-state index contributed by atoms with van der Waals surface area (Å²) in [5.74, 6) is -0.388. The molecule has 0 aliphatic rings. The van der Waals surface area contributed by atoms with Crippen LogP contribution in [0.15, 0.2) is 18.5 Å². The van der Waals surface area contributed by atoms with Gasteiger partial charge < -0.3 is 14.7 Å². The minimum Gasteiger partial charge on any atom is -0.477 e. The van der Waals surface area contributed by atoms with E-state index in [2.05, 4.69) is 9.97 Å². The number of aromatic amines is 1. The van der Waals surface area contributed by atoms with Crippen molar-refractivity contribution in [1.82, 2.24) is 14.5 Å². The zero-order chi connectivity index (χ0) is 11.0. The first-order valence-corrected chi connectivity index (χ1v) is 4.50. The second kappa shape index (κ2) is 3.27. The standard InChI is InChI=1S/C10H11N3O2/c1-6-11-8(9(12-6)10(14)15)7-3-4-13(2)5-7/h3-5H,1-2H3,(H,11,12)(H,14,15). The van der Waals surface area contributed by atoms with E-state index in [4.69, 9.17) is 5.11 Å². The van der Waals surface area contributed by atoms with Gasteiger partial charge in [0.05, 0.1) is 0 Å². The SMILES string of the molecule is Cc1nc(-c2ccn(C)c2)c(C(=O)O)[nH]1. The van der Waals surface area contributed by atoms with Gasteiger partial charge in [-0.2, -0.15) is 0 Å². The number of hydrogen-bond donors (Lipinski definition) is 2. The highest BCUT2D eigenvalue weighted by Crippen LogP contribution is 2.21. The molecule has 0 saturated carbocycles. The molecule has 0 radical (unpaired) electrons. The van der Waals surface area contributed by atoms with E-state index in [9.17, 15) is 4.79 Å².